The van der Waals surface area contributed by atoms with Gasteiger partial charge >= 0.3 is 18.3 Å². The highest BCUT2D eigenvalue weighted by molar-refractivity contribution is 6.00. The van der Waals surface area contributed by atoms with E-state index in [-0.39, 0.29) is 24.0 Å². The molecule has 0 atom stereocenters. The summed E-state index contributed by atoms with van der Waals surface area (Å²) in [4.78, 5) is 30.7. The number of imidazole rings is 1. The standard InChI is InChI=1S/C23H17F4N5O4.ClH/c1-35-22(34)32-20-29-17-8-6-15(11-19(17)30-20)36-14-4-2-3-13(10-14)28-21(33)31-18-9-12(23(25,26)27)5-7-16(18)24;/h2-11H,1H3,(H2,28,31,33)(H2,29,30,32,34);1H/p-1. The van der Waals surface area contributed by atoms with Crippen molar-refractivity contribution in [2.75, 3.05) is 23.1 Å². The van der Waals surface area contributed by atoms with Crippen molar-refractivity contribution in [2.24, 2.45) is 0 Å². The van der Waals surface area contributed by atoms with Crippen LogP contribution in [0.25, 0.3) is 11.0 Å². The Hall–Kier alpha value is -4.52. The van der Waals surface area contributed by atoms with Gasteiger partial charge < -0.3 is 37.5 Å². The lowest BCUT2D eigenvalue weighted by molar-refractivity contribution is -0.137. The Morgan fingerprint density at radius 1 is 0.946 bits per heavy atom. The van der Waals surface area contributed by atoms with Gasteiger partial charge in [-0.05, 0) is 42.5 Å². The zero-order valence-electron chi connectivity index (χ0n) is 18.7. The van der Waals surface area contributed by atoms with Crippen LogP contribution in [0.3, 0.4) is 0 Å². The van der Waals surface area contributed by atoms with Gasteiger partial charge in [-0.15, -0.1) is 0 Å². The number of carbonyl (C=O) groups is 2. The number of H-pyrrole nitrogens is 1. The second-order valence-corrected chi connectivity index (χ2v) is 7.28. The van der Waals surface area contributed by atoms with Crippen LogP contribution in [0.5, 0.6) is 11.5 Å². The maximum Gasteiger partial charge on any atom is 0.416 e. The highest BCUT2D eigenvalue weighted by atomic mass is 35.5. The molecular formula is C23H17ClF4N5O4-. The molecule has 3 aromatic carbocycles. The third kappa shape index (κ3) is 6.79. The van der Waals surface area contributed by atoms with Gasteiger partial charge in [-0.25, -0.2) is 19.0 Å². The molecule has 14 heteroatoms. The van der Waals surface area contributed by atoms with Crippen molar-refractivity contribution in [3.05, 3.63) is 72.0 Å². The Morgan fingerprint density at radius 2 is 1.70 bits per heavy atom. The summed E-state index contributed by atoms with van der Waals surface area (Å²) in [6.45, 7) is 0. The first kappa shape index (κ1) is 27.1. The molecule has 0 fully saturated rings. The Labute approximate surface area is 212 Å². The number of aromatic nitrogens is 2. The Kier molecular flexibility index (Phi) is 8.07. The van der Waals surface area contributed by atoms with E-state index in [4.69, 9.17) is 4.74 Å². The molecule has 1 aromatic heterocycles. The number of urea groups is 1. The predicted molar refractivity (Wildman–Crippen MR) is 123 cm³/mol. The number of halogens is 5. The molecule has 4 N–H and O–H groups in total. The second kappa shape index (κ2) is 11.0. The van der Waals surface area contributed by atoms with Gasteiger partial charge in [0, 0.05) is 17.8 Å². The highest BCUT2D eigenvalue weighted by Gasteiger charge is 2.31. The van der Waals surface area contributed by atoms with E-state index in [1.807, 2.05) is 0 Å². The molecule has 0 radical (unpaired) electrons. The van der Waals surface area contributed by atoms with E-state index in [2.05, 4.69) is 30.7 Å². The number of fused-ring (bicyclic) bond motifs is 1. The van der Waals surface area contributed by atoms with Crippen LogP contribution in [-0.2, 0) is 10.9 Å². The monoisotopic (exact) mass is 538 g/mol. The van der Waals surface area contributed by atoms with Crippen molar-refractivity contribution in [3.63, 3.8) is 0 Å². The summed E-state index contributed by atoms with van der Waals surface area (Å²) in [6.07, 6.45) is -5.38. The largest absolute Gasteiger partial charge is 1.00 e. The van der Waals surface area contributed by atoms with E-state index in [1.54, 1.807) is 30.3 Å². The van der Waals surface area contributed by atoms with Crippen molar-refractivity contribution >= 4 is 40.5 Å². The van der Waals surface area contributed by atoms with Crippen LogP contribution in [-0.4, -0.2) is 29.2 Å². The van der Waals surface area contributed by atoms with E-state index in [1.165, 1.54) is 19.2 Å². The Morgan fingerprint density at radius 3 is 2.43 bits per heavy atom. The summed E-state index contributed by atoms with van der Waals surface area (Å²) in [7, 11) is 1.22. The summed E-state index contributed by atoms with van der Waals surface area (Å²) in [5.41, 5.74) is -0.358. The van der Waals surface area contributed by atoms with Gasteiger partial charge in [0.1, 0.15) is 17.3 Å². The average Bonchev–Trinajstić information content (AvgIpc) is 3.21. The number of rotatable bonds is 5. The van der Waals surface area contributed by atoms with Gasteiger partial charge in [-0.1, -0.05) is 6.07 Å². The number of amides is 3. The first-order valence-electron chi connectivity index (χ1n) is 10.2. The number of carbonyl (C=O) groups excluding carboxylic acids is 2. The van der Waals surface area contributed by atoms with Crippen molar-refractivity contribution in [2.45, 2.75) is 6.18 Å². The normalized spacial score (nSPS) is 10.8. The molecule has 1 heterocycles. The summed E-state index contributed by atoms with van der Waals surface area (Å²) >= 11 is 0. The number of hydrogen-bond acceptors (Lipinski definition) is 5. The molecule has 0 saturated heterocycles. The van der Waals surface area contributed by atoms with Gasteiger partial charge in [-0.2, -0.15) is 13.2 Å². The molecule has 0 aliphatic rings. The van der Waals surface area contributed by atoms with Crippen molar-refractivity contribution < 1.29 is 49.0 Å². The average molecular weight is 539 g/mol. The van der Waals surface area contributed by atoms with E-state index in [9.17, 15) is 27.2 Å². The van der Waals surface area contributed by atoms with Gasteiger partial charge in [0.2, 0.25) is 5.95 Å². The van der Waals surface area contributed by atoms with Crippen LogP contribution < -0.4 is 33.1 Å². The van der Waals surface area contributed by atoms with Crippen LogP contribution in [0.1, 0.15) is 5.56 Å². The zero-order chi connectivity index (χ0) is 25.9. The lowest BCUT2D eigenvalue weighted by atomic mass is 10.2. The smallest absolute Gasteiger partial charge is 0.416 e. The van der Waals surface area contributed by atoms with E-state index in [0.29, 0.717) is 40.7 Å². The van der Waals surface area contributed by atoms with Crippen LogP contribution >= 0.6 is 0 Å². The molecular weight excluding hydrogens is 522 g/mol. The van der Waals surface area contributed by atoms with Crippen LogP contribution in [0.15, 0.2) is 60.7 Å². The summed E-state index contributed by atoms with van der Waals surface area (Å²) in [5.74, 6) is -0.106. The number of alkyl halides is 3. The van der Waals surface area contributed by atoms with Crippen molar-refractivity contribution in [1.82, 2.24) is 9.97 Å². The number of benzene rings is 3. The fraction of sp³-hybridized carbons (Fsp3) is 0.0870. The minimum atomic E-state index is -4.69. The number of nitrogens with one attached hydrogen (secondary N) is 4. The number of hydrogen-bond donors (Lipinski definition) is 4. The molecule has 0 unspecified atom stereocenters. The first-order valence-corrected chi connectivity index (χ1v) is 10.2. The summed E-state index contributed by atoms with van der Waals surface area (Å²) in [6, 6.07) is 11.8. The Balaban J connectivity index is 0.00000380. The first-order chi connectivity index (χ1) is 17.1. The molecule has 0 bridgehead atoms. The molecule has 0 saturated carbocycles. The third-order valence-corrected chi connectivity index (χ3v) is 4.73. The molecule has 194 valence electrons. The lowest BCUT2D eigenvalue weighted by Crippen LogP contribution is -3.00. The van der Waals surface area contributed by atoms with Crippen LogP contribution in [0.4, 0.5) is 44.5 Å². The molecule has 0 aliphatic heterocycles. The van der Waals surface area contributed by atoms with E-state index < -0.39 is 35.4 Å². The Bertz CT molecular complexity index is 1440. The molecule has 4 aromatic rings. The van der Waals surface area contributed by atoms with E-state index >= 15 is 0 Å². The molecule has 0 aliphatic carbocycles. The summed E-state index contributed by atoms with van der Waals surface area (Å²) < 4.78 is 62.8. The SMILES string of the molecule is COC(=O)Nc1nc2ccc(Oc3cccc(NC(=O)Nc4cc(C(F)(F)F)ccc4F)c3)cc2[nH]1.[Cl-]. The fourth-order valence-corrected chi connectivity index (χ4v) is 3.11. The van der Waals surface area contributed by atoms with Gasteiger partial charge in [0.15, 0.2) is 0 Å². The highest BCUT2D eigenvalue weighted by Crippen LogP contribution is 2.32. The zero-order valence-corrected chi connectivity index (χ0v) is 19.5. The quantitative estimate of drug-likeness (QED) is 0.291. The van der Waals surface area contributed by atoms with Gasteiger partial charge in [0.25, 0.3) is 0 Å². The molecule has 0 spiro atoms. The number of aromatic amines is 1. The fourth-order valence-electron chi connectivity index (χ4n) is 3.11. The van der Waals surface area contributed by atoms with Crippen molar-refractivity contribution in [1.29, 1.82) is 0 Å². The minimum absolute atomic E-state index is 0. The van der Waals surface area contributed by atoms with Gasteiger partial charge in [-0.3, -0.25) is 5.32 Å². The number of nitrogens with zero attached hydrogens (tertiary/aromatic N) is 1. The number of methoxy groups -OCH3 is 1. The molecule has 3 amide bonds. The molecule has 4 rings (SSSR count). The van der Waals surface area contributed by atoms with Crippen LogP contribution in [0.2, 0.25) is 0 Å². The van der Waals surface area contributed by atoms with Gasteiger partial charge in [0.05, 0.1) is 29.4 Å². The number of ether oxygens (including phenoxy) is 2. The minimum Gasteiger partial charge on any atom is -1.00 e. The third-order valence-electron chi connectivity index (χ3n) is 4.73. The maximum atomic E-state index is 13.9. The summed E-state index contributed by atoms with van der Waals surface area (Å²) in [5, 5.41) is 6.89. The second-order valence-electron chi connectivity index (χ2n) is 7.28. The lowest BCUT2D eigenvalue weighted by Gasteiger charge is -2.12. The van der Waals surface area contributed by atoms with E-state index in [0.717, 1.165) is 0 Å². The molecule has 37 heavy (non-hydrogen) atoms. The predicted octanol–water partition coefficient (Wildman–Crippen LogP) is 3.34. The topological polar surface area (TPSA) is 117 Å². The van der Waals surface area contributed by atoms with Crippen LogP contribution in [0, 0.1) is 5.82 Å². The maximum absolute atomic E-state index is 13.9. The molecule has 9 nitrogen and oxygen atoms in total. The van der Waals surface area contributed by atoms with Crippen molar-refractivity contribution in [3.8, 4) is 11.5 Å². The number of anilines is 3.